The lowest BCUT2D eigenvalue weighted by molar-refractivity contribution is 0.255. The summed E-state index contributed by atoms with van der Waals surface area (Å²) in [6.07, 6.45) is 3.59. The maximum atomic E-state index is 5.57. The third-order valence-electron chi connectivity index (χ3n) is 4.60. The SMILES string of the molecule is CC.CC.COc1ccc2c(c1OC)CC1CCN(C)[C@@H]1C2. The summed E-state index contributed by atoms with van der Waals surface area (Å²) in [6, 6.07) is 4.96. The molecule has 0 amide bonds. The second-order valence-electron chi connectivity index (χ2n) is 5.44. The molecule has 1 aromatic rings. The second kappa shape index (κ2) is 9.04. The lowest BCUT2D eigenvalue weighted by Gasteiger charge is -2.32. The smallest absolute Gasteiger partial charge is 0.164 e. The summed E-state index contributed by atoms with van der Waals surface area (Å²) in [4.78, 5) is 2.50. The van der Waals surface area contributed by atoms with Crippen LogP contribution in [0.3, 0.4) is 0 Å². The molecule has 22 heavy (non-hydrogen) atoms. The van der Waals surface area contributed by atoms with Gasteiger partial charge in [-0.2, -0.15) is 0 Å². The Morgan fingerprint density at radius 2 is 1.68 bits per heavy atom. The maximum Gasteiger partial charge on any atom is 0.164 e. The summed E-state index contributed by atoms with van der Waals surface area (Å²) < 4.78 is 11.0. The minimum absolute atomic E-state index is 0.718. The first-order valence-corrected chi connectivity index (χ1v) is 8.67. The topological polar surface area (TPSA) is 21.7 Å². The summed E-state index contributed by atoms with van der Waals surface area (Å²) >= 11 is 0. The number of hydrogen-bond acceptors (Lipinski definition) is 3. The molecule has 1 aliphatic heterocycles. The lowest BCUT2D eigenvalue weighted by atomic mass is 9.80. The van der Waals surface area contributed by atoms with E-state index in [1.54, 1.807) is 14.2 Å². The molecule has 0 radical (unpaired) electrons. The van der Waals surface area contributed by atoms with E-state index in [1.807, 2.05) is 33.8 Å². The standard InChI is InChI=1S/C15H21NO2.2C2H6/c1-16-7-6-11-8-12-10(9-13(11)16)4-5-14(17-2)15(12)18-3;2*1-2/h4-5,11,13H,6-9H2,1-3H3;2*1-2H3/t11?,13-;;/m1../s1. The van der Waals surface area contributed by atoms with Gasteiger partial charge in [-0.3, -0.25) is 0 Å². The number of likely N-dealkylation sites (tertiary alicyclic amines) is 1. The van der Waals surface area contributed by atoms with E-state index in [0.29, 0.717) is 0 Å². The van der Waals surface area contributed by atoms with Crippen LogP contribution in [0.1, 0.15) is 45.2 Å². The Morgan fingerprint density at radius 1 is 1.00 bits per heavy atom. The fraction of sp³-hybridized carbons (Fsp3) is 0.684. The van der Waals surface area contributed by atoms with Crippen LogP contribution in [0.4, 0.5) is 0 Å². The van der Waals surface area contributed by atoms with Crippen LogP contribution in [0.25, 0.3) is 0 Å². The average molecular weight is 307 g/mol. The lowest BCUT2D eigenvalue weighted by Crippen LogP contribution is -2.35. The monoisotopic (exact) mass is 307 g/mol. The zero-order valence-electron chi connectivity index (χ0n) is 15.4. The van der Waals surface area contributed by atoms with Crippen molar-refractivity contribution in [3.63, 3.8) is 0 Å². The zero-order valence-corrected chi connectivity index (χ0v) is 15.4. The summed E-state index contributed by atoms with van der Waals surface area (Å²) in [7, 11) is 5.70. The van der Waals surface area contributed by atoms with Gasteiger partial charge in [-0.15, -0.1) is 0 Å². The normalized spacial score (nSPS) is 22.3. The van der Waals surface area contributed by atoms with Crippen molar-refractivity contribution in [3.05, 3.63) is 23.3 Å². The van der Waals surface area contributed by atoms with E-state index in [4.69, 9.17) is 9.47 Å². The molecule has 1 aromatic carbocycles. The number of benzene rings is 1. The Labute approximate surface area is 136 Å². The van der Waals surface area contributed by atoms with Gasteiger partial charge in [0.15, 0.2) is 11.5 Å². The Kier molecular flexibility index (Phi) is 7.74. The molecule has 1 saturated heterocycles. The van der Waals surface area contributed by atoms with E-state index in [0.717, 1.165) is 36.3 Å². The molecule has 2 aliphatic rings. The predicted molar refractivity (Wildman–Crippen MR) is 94.2 cm³/mol. The van der Waals surface area contributed by atoms with Crippen LogP contribution >= 0.6 is 0 Å². The van der Waals surface area contributed by atoms with E-state index in [9.17, 15) is 0 Å². The molecule has 1 unspecified atom stereocenters. The number of rotatable bonds is 2. The molecule has 0 aromatic heterocycles. The van der Waals surface area contributed by atoms with Crippen molar-refractivity contribution in [2.75, 3.05) is 27.8 Å². The first kappa shape index (κ1) is 18.8. The number of ether oxygens (including phenoxy) is 2. The first-order chi connectivity index (χ1) is 10.7. The van der Waals surface area contributed by atoms with Gasteiger partial charge in [-0.05, 0) is 50.4 Å². The van der Waals surface area contributed by atoms with Crippen LogP contribution in [-0.4, -0.2) is 38.8 Å². The second-order valence-corrected chi connectivity index (χ2v) is 5.44. The Hall–Kier alpha value is -1.22. The van der Waals surface area contributed by atoms with E-state index in [-0.39, 0.29) is 0 Å². The molecular formula is C19H33NO2. The average Bonchev–Trinajstić information content (AvgIpc) is 2.96. The highest BCUT2D eigenvalue weighted by molar-refractivity contribution is 5.52. The Balaban J connectivity index is 0.000000561. The molecule has 1 fully saturated rings. The van der Waals surface area contributed by atoms with E-state index < -0.39 is 0 Å². The molecule has 126 valence electrons. The van der Waals surface area contributed by atoms with E-state index in [2.05, 4.69) is 18.0 Å². The van der Waals surface area contributed by atoms with Crippen molar-refractivity contribution >= 4 is 0 Å². The number of methoxy groups -OCH3 is 2. The van der Waals surface area contributed by atoms with Crippen LogP contribution in [0.5, 0.6) is 11.5 Å². The van der Waals surface area contributed by atoms with Gasteiger partial charge in [0.25, 0.3) is 0 Å². The third-order valence-corrected chi connectivity index (χ3v) is 4.60. The molecule has 2 atom stereocenters. The fourth-order valence-electron chi connectivity index (χ4n) is 3.58. The number of nitrogens with zero attached hydrogens (tertiary/aromatic N) is 1. The summed E-state index contributed by atoms with van der Waals surface area (Å²) in [5, 5.41) is 0. The van der Waals surface area contributed by atoms with Crippen LogP contribution in [0, 0.1) is 5.92 Å². The molecule has 0 bridgehead atoms. The minimum Gasteiger partial charge on any atom is -0.493 e. The molecule has 3 heteroatoms. The maximum absolute atomic E-state index is 5.57. The molecular weight excluding hydrogens is 274 g/mol. The van der Waals surface area contributed by atoms with Crippen molar-refractivity contribution in [1.82, 2.24) is 4.90 Å². The number of fused-ring (bicyclic) bond motifs is 2. The van der Waals surface area contributed by atoms with Gasteiger partial charge in [0, 0.05) is 11.6 Å². The van der Waals surface area contributed by atoms with Crippen molar-refractivity contribution in [1.29, 1.82) is 0 Å². The van der Waals surface area contributed by atoms with Crippen molar-refractivity contribution in [2.45, 2.75) is 53.0 Å². The zero-order chi connectivity index (χ0) is 16.7. The van der Waals surface area contributed by atoms with Gasteiger partial charge in [0.2, 0.25) is 0 Å². The summed E-state index contributed by atoms with van der Waals surface area (Å²) in [5.41, 5.74) is 2.80. The molecule has 1 heterocycles. The molecule has 0 saturated carbocycles. The molecule has 3 nitrogen and oxygen atoms in total. The van der Waals surface area contributed by atoms with Crippen LogP contribution < -0.4 is 9.47 Å². The Bertz CT molecular complexity index is 459. The van der Waals surface area contributed by atoms with Gasteiger partial charge in [0.1, 0.15) is 0 Å². The highest BCUT2D eigenvalue weighted by atomic mass is 16.5. The van der Waals surface area contributed by atoms with Crippen LogP contribution in [-0.2, 0) is 12.8 Å². The minimum atomic E-state index is 0.718. The van der Waals surface area contributed by atoms with Crippen molar-refractivity contribution in [3.8, 4) is 11.5 Å². The van der Waals surface area contributed by atoms with Gasteiger partial charge in [-0.1, -0.05) is 33.8 Å². The summed E-state index contributed by atoms with van der Waals surface area (Å²) in [6.45, 7) is 9.22. The highest BCUT2D eigenvalue weighted by Gasteiger charge is 2.37. The molecule has 0 N–H and O–H groups in total. The molecule has 0 spiro atoms. The highest BCUT2D eigenvalue weighted by Crippen LogP contribution is 2.42. The van der Waals surface area contributed by atoms with E-state index >= 15 is 0 Å². The van der Waals surface area contributed by atoms with Gasteiger partial charge < -0.3 is 14.4 Å². The first-order valence-electron chi connectivity index (χ1n) is 8.67. The van der Waals surface area contributed by atoms with Gasteiger partial charge in [-0.25, -0.2) is 0 Å². The fourth-order valence-corrected chi connectivity index (χ4v) is 3.58. The van der Waals surface area contributed by atoms with Crippen molar-refractivity contribution < 1.29 is 9.47 Å². The third kappa shape index (κ3) is 3.57. The van der Waals surface area contributed by atoms with Crippen LogP contribution in [0.2, 0.25) is 0 Å². The van der Waals surface area contributed by atoms with Gasteiger partial charge >= 0.3 is 0 Å². The number of hydrogen-bond donors (Lipinski definition) is 0. The predicted octanol–water partition coefficient (Wildman–Crippen LogP) is 4.18. The number of likely N-dealkylation sites (N-methyl/N-ethyl adjacent to an activating group) is 1. The largest absolute Gasteiger partial charge is 0.493 e. The van der Waals surface area contributed by atoms with Crippen molar-refractivity contribution in [2.24, 2.45) is 5.92 Å². The Morgan fingerprint density at radius 3 is 2.27 bits per heavy atom. The summed E-state index contributed by atoms with van der Waals surface area (Å²) in [5.74, 6) is 2.59. The molecule has 1 aliphatic carbocycles. The van der Waals surface area contributed by atoms with E-state index in [1.165, 1.54) is 24.1 Å². The van der Waals surface area contributed by atoms with Crippen LogP contribution in [0.15, 0.2) is 12.1 Å². The quantitative estimate of drug-likeness (QED) is 0.818. The molecule has 3 rings (SSSR count). The van der Waals surface area contributed by atoms with Gasteiger partial charge in [0.05, 0.1) is 14.2 Å².